The number of hydrogen-bond acceptors (Lipinski definition) is 3. The van der Waals surface area contributed by atoms with Gasteiger partial charge in [-0.2, -0.15) is 8.42 Å². The summed E-state index contributed by atoms with van der Waals surface area (Å²) < 4.78 is 29.9. The zero-order valence-corrected chi connectivity index (χ0v) is 16.0. The van der Waals surface area contributed by atoms with Crippen molar-refractivity contribution < 1.29 is 8.42 Å². The third-order valence-electron chi connectivity index (χ3n) is 5.08. The molecule has 2 fully saturated rings. The van der Waals surface area contributed by atoms with E-state index in [-0.39, 0.29) is 4.90 Å². The monoisotopic (exact) mass is 363 g/mol. The predicted octanol–water partition coefficient (Wildman–Crippen LogP) is 3.05. The first-order chi connectivity index (χ1) is 12.0. The molecule has 0 unspecified atom stereocenters. The maximum atomic E-state index is 12.8. The van der Waals surface area contributed by atoms with E-state index >= 15 is 0 Å². The second-order valence-corrected chi connectivity index (χ2v) is 8.78. The molecular weight excluding hydrogens is 334 g/mol. The molecular formula is C19H29N3O2S. The molecule has 6 heteroatoms. The molecule has 1 aromatic rings. The number of piperidine rings is 2. The fraction of sp³-hybridized carbons (Fsp3) is 0.632. The Kier molecular flexibility index (Phi) is 6.12. The number of rotatable bonds is 4. The molecule has 0 aromatic heterocycles. The summed E-state index contributed by atoms with van der Waals surface area (Å²) in [5.74, 6) is 0.724. The Bertz CT molecular complexity index is 686. The van der Waals surface area contributed by atoms with E-state index in [4.69, 9.17) is 0 Å². The van der Waals surface area contributed by atoms with E-state index in [0.29, 0.717) is 6.54 Å². The Hall–Kier alpha value is -1.40. The quantitative estimate of drug-likeness (QED) is 0.609. The van der Waals surface area contributed by atoms with Gasteiger partial charge >= 0.3 is 0 Å². The van der Waals surface area contributed by atoms with Gasteiger partial charge in [-0.05, 0) is 64.3 Å². The highest BCUT2D eigenvalue weighted by molar-refractivity contribution is 7.90. The van der Waals surface area contributed by atoms with Crippen molar-refractivity contribution in [2.24, 2.45) is 4.40 Å². The number of nitrogens with zero attached hydrogens (tertiary/aromatic N) is 3. The molecule has 0 atom stereocenters. The molecule has 2 aliphatic heterocycles. The van der Waals surface area contributed by atoms with Crippen LogP contribution in [0.25, 0.3) is 0 Å². The first kappa shape index (κ1) is 18.4. The van der Waals surface area contributed by atoms with Crippen LogP contribution in [0, 0.1) is 6.92 Å². The summed E-state index contributed by atoms with van der Waals surface area (Å²) in [6.45, 7) is 6.50. The summed E-state index contributed by atoms with van der Waals surface area (Å²) >= 11 is 0. The third kappa shape index (κ3) is 5.05. The number of benzene rings is 1. The van der Waals surface area contributed by atoms with Crippen LogP contribution in [0.5, 0.6) is 0 Å². The molecule has 3 rings (SSSR count). The van der Waals surface area contributed by atoms with Crippen molar-refractivity contribution in [1.82, 2.24) is 9.80 Å². The van der Waals surface area contributed by atoms with Crippen LogP contribution < -0.4 is 0 Å². The van der Waals surface area contributed by atoms with Gasteiger partial charge in [0.25, 0.3) is 10.0 Å². The van der Waals surface area contributed by atoms with Gasteiger partial charge in [-0.1, -0.05) is 24.1 Å². The molecule has 0 saturated carbocycles. The van der Waals surface area contributed by atoms with Crippen molar-refractivity contribution in [2.75, 3.05) is 32.7 Å². The smallest absolute Gasteiger partial charge is 0.283 e. The van der Waals surface area contributed by atoms with Gasteiger partial charge in [0.15, 0.2) is 0 Å². The molecule has 0 spiro atoms. The zero-order chi connectivity index (χ0) is 17.7. The normalized spacial score (nSPS) is 20.7. The lowest BCUT2D eigenvalue weighted by atomic mass is 10.1. The van der Waals surface area contributed by atoms with Crippen molar-refractivity contribution in [3.05, 3.63) is 29.8 Å². The maximum absolute atomic E-state index is 12.8. The van der Waals surface area contributed by atoms with Gasteiger partial charge in [0.1, 0.15) is 5.84 Å². The SMILES string of the molecule is Cc1ccc(S(=O)(=O)N=C(CN2CCCCC2)N2CCCCC2)cc1. The standard InChI is InChI=1S/C19H29N3O2S/c1-17-8-10-18(11-9-17)25(23,24)20-19(22-14-6-3-7-15-22)16-21-12-4-2-5-13-21/h8-11H,2-7,12-16H2,1H3. The molecule has 0 bridgehead atoms. The second-order valence-electron chi connectivity index (χ2n) is 7.18. The fourth-order valence-corrected chi connectivity index (χ4v) is 4.59. The number of hydrogen-bond donors (Lipinski definition) is 0. The van der Waals surface area contributed by atoms with Gasteiger partial charge in [0, 0.05) is 13.1 Å². The Balaban J connectivity index is 1.85. The molecule has 2 saturated heterocycles. The molecule has 0 amide bonds. The topological polar surface area (TPSA) is 53.0 Å². The van der Waals surface area contributed by atoms with E-state index in [9.17, 15) is 8.42 Å². The summed E-state index contributed by atoms with van der Waals surface area (Å²) in [7, 11) is -3.66. The maximum Gasteiger partial charge on any atom is 0.283 e. The van der Waals surface area contributed by atoms with E-state index in [0.717, 1.165) is 50.4 Å². The van der Waals surface area contributed by atoms with Gasteiger partial charge in [-0.25, -0.2) is 0 Å². The zero-order valence-electron chi connectivity index (χ0n) is 15.2. The van der Waals surface area contributed by atoms with Crippen LogP contribution in [-0.2, 0) is 10.0 Å². The molecule has 2 heterocycles. The third-order valence-corrected chi connectivity index (χ3v) is 6.40. The highest BCUT2D eigenvalue weighted by atomic mass is 32.2. The Labute approximate surface area is 151 Å². The minimum Gasteiger partial charge on any atom is -0.358 e. The summed E-state index contributed by atoms with van der Waals surface area (Å²) in [6.07, 6.45) is 7.11. The lowest BCUT2D eigenvalue weighted by Gasteiger charge is -2.34. The highest BCUT2D eigenvalue weighted by Gasteiger charge is 2.23. The fourth-order valence-electron chi connectivity index (χ4n) is 3.56. The molecule has 1 aromatic carbocycles. The molecule has 0 N–H and O–H groups in total. The van der Waals surface area contributed by atoms with Gasteiger partial charge in [-0.15, -0.1) is 4.40 Å². The van der Waals surface area contributed by atoms with Gasteiger partial charge in [-0.3, -0.25) is 4.90 Å². The first-order valence-corrected chi connectivity index (χ1v) is 10.9. The molecule has 25 heavy (non-hydrogen) atoms. The van der Waals surface area contributed by atoms with Crippen molar-refractivity contribution in [3.8, 4) is 0 Å². The van der Waals surface area contributed by atoms with Crippen molar-refractivity contribution >= 4 is 15.9 Å². The van der Waals surface area contributed by atoms with Crippen molar-refractivity contribution in [3.63, 3.8) is 0 Å². The second kappa shape index (κ2) is 8.32. The minimum atomic E-state index is -3.66. The van der Waals surface area contributed by atoms with Crippen molar-refractivity contribution in [2.45, 2.75) is 50.3 Å². The van der Waals surface area contributed by atoms with E-state index in [1.54, 1.807) is 12.1 Å². The summed E-state index contributed by atoms with van der Waals surface area (Å²) in [5.41, 5.74) is 1.05. The average Bonchev–Trinajstić information content (AvgIpc) is 2.63. The van der Waals surface area contributed by atoms with Gasteiger partial charge < -0.3 is 4.90 Å². The first-order valence-electron chi connectivity index (χ1n) is 9.42. The number of likely N-dealkylation sites (tertiary alicyclic amines) is 2. The largest absolute Gasteiger partial charge is 0.358 e. The predicted molar refractivity (Wildman–Crippen MR) is 102 cm³/mol. The molecule has 0 aliphatic carbocycles. The Morgan fingerprint density at radius 2 is 1.48 bits per heavy atom. The summed E-state index contributed by atoms with van der Waals surface area (Å²) in [6, 6.07) is 6.97. The number of amidine groups is 1. The average molecular weight is 364 g/mol. The minimum absolute atomic E-state index is 0.284. The van der Waals surface area contributed by atoms with Crippen LogP contribution in [0.1, 0.15) is 44.1 Å². The van der Waals surface area contributed by atoms with E-state index in [1.807, 2.05) is 19.1 Å². The van der Waals surface area contributed by atoms with Crippen molar-refractivity contribution in [1.29, 1.82) is 0 Å². The molecule has 138 valence electrons. The lowest BCUT2D eigenvalue weighted by molar-refractivity contribution is 0.243. The Morgan fingerprint density at radius 3 is 2.08 bits per heavy atom. The van der Waals surface area contributed by atoms with Crippen LogP contribution in [0.15, 0.2) is 33.6 Å². The summed E-state index contributed by atoms with van der Waals surface area (Å²) in [5, 5.41) is 0. The van der Waals surface area contributed by atoms with Crippen LogP contribution in [-0.4, -0.2) is 56.8 Å². The number of aryl methyl sites for hydroxylation is 1. The van der Waals surface area contributed by atoms with Gasteiger partial charge in [0.05, 0.1) is 11.4 Å². The van der Waals surface area contributed by atoms with Crippen LogP contribution in [0.2, 0.25) is 0 Å². The number of sulfonamides is 1. The van der Waals surface area contributed by atoms with Crippen LogP contribution >= 0.6 is 0 Å². The molecule has 5 nitrogen and oxygen atoms in total. The van der Waals surface area contributed by atoms with E-state index in [1.165, 1.54) is 25.7 Å². The van der Waals surface area contributed by atoms with Gasteiger partial charge in [0.2, 0.25) is 0 Å². The molecule has 2 aliphatic rings. The lowest BCUT2D eigenvalue weighted by Crippen LogP contribution is -2.44. The van der Waals surface area contributed by atoms with E-state index < -0.39 is 10.0 Å². The Morgan fingerprint density at radius 1 is 0.920 bits per heavy atom. The summed E-state index contributed by atoms with van der Waals surface area (Å²) in [4.78, 5) is 4.82. The van der Waals surface area contributed by atoms with Crippen LogP contribution in [0.3, 0.4) is 0 Å². The van der Waals surface area contributed by atoms with E-state index in [2.05, 4.69) is 14.2 Å². The highest BCUT2D eigenvalue weighted by Crippen LogP contribution is 2.17. The molecule has 0 radical (unpaired) electrons. The van der Waals surface area contributed by atoms with Crippen LogP contribution in [0.4, 0.5) is 0 Å².